The Labute approximate surface area is 62.8 Å². The van der Waals surface area contributed by atoms with E-state index in [-0.39, 0.29) is 29.6 Å². The van der Waals surface area contributed by atoms with Crippen LogP contribution < -0.4 is 35.3 Å². The van der Waals surface area contributed by atoms with Crippen LogP contribution in [0.25, 0.3) is 0 Å². The molecule has 0 unspecified atom stereocenters. The minimum Gasteiger partial charge on any atom is -0.368 e. The quantitative estimate of drug-likeness (QED) is 0.336. The minimum atomic E-state index is 0. The van der Waals surface area contributed by atoms with Crippen LogP contribution in [0.5, 0.6) is 0 Å². The van der Waals surface area contributed by atoms with E-state index in [1.807, 2.05) is 0 Å². The molecule has 0 aromatic carbocycles. The molecule has 0 fully saturated rings. The number of aromatic amines is 1. The Balaban J connectivity index is 0.000000360. The first-order valence-corrected chi connectivity index (χ1v) is 1.50. The summed E-state index contributed by atoms with van der Waals surface area (Å²) in [5.74, 6) is 0.356. The zero-order valence-corrected chi connectivity index (χ0v) is 6.05. The van der Waals surface area contributed by atoms with Crippen molar-refractivity contribution in [2.45, 2.75) is 0 Å². The molecule has 32 valence electrons. The topological polar surface area (TPSA) is 67.6 Å². The molecule has 0 aliphatic heterocycles. The Morgan fingerprint density at radius 1 is 1.71 bits per heavy atom. The Kier molecular flexibility index (Phi) is 2.98. The van der Waals surface area contributed by atoms with Crippen LogP contribution in [0.3, 0.4) is 0 Å². The van der Waals surface area contributed by atoms with Crippen molar-refractivity contribution in [2.24, 2.45) is 0 Å². The summed E-state index contributed by atoms with van der Waals surface area (Å²) in [6.07, 6.45) is 1.36. The predicted octanol–water partition coefficient (Wildman–Crippen LogP) is -3.61. The molecule has 0 aliphatic carbocycles. The maximum Gasteiger partial charge on any atom is 1.00 e. The Bertz CT molecular complexity index is 113. The molecule has 1 aromatic heterocycles. The SMILES string of the molecule is Nc1ncn[nH]1.[Na+]. The third kappa shape index (κ3) is 1.91. The van der Waals surface area contributed by atoms with Crippen molar-refractivity contribution in [2.75, 3.05) is 5.73 Å². The number of H-pyrrole nitrogens is 1. The number of hydrogen-bond acceptors (Lipinski definition) is 3. The van der Waals surface area contributed by atoms with E-state index in [1.54, 1.807) is 0 Å². The average molecular weight is 107 g/mol. The van der Waals surface area contributed by atoms with Crippen LogP contribution in [0.2, 0.25) is 0 Å². The molecule has 0 spiro atoms. The van der Waals surface area contributed by atoms with Crippen LogP contribution >= 0.6 is 0 Å². The summed E-state index contributed by atoms with van der Waals surface area (Å²) in [5, 5.41) is 5.88. The fourth-order valence-corrected chi connectivity index (χ4v) is 0.215. The monoisotopic (exact) mass is 107 g/mol. The molecule has 0 radical (unpaired) electrons. The third-order valence-electron chi connectivity index (χ3n) is 0.434. The molecule has 0 amide bonds. The number of nitrogens with one attached hydrogen (secondary N) is 1. The first-order chi connectivity index (χ1) is 2.89. The summed E-state index contributed by atoms with van der Waals surface area (Å²) in [6, 6.07) is 0. The fraction of sp³-hybridized carbons (Fsp3) is 0. The smallest absolute Gasteiger partial charge is 0.368 e. The van der Waals surface area contributed by atoms with Gasteiger partial charge < -0.3 is 5.73 Å². The van der Waals surface area contributed by atoms with E-state index < -0.39 is 0 Å². The van der Waals surface area contributed by atoms with Gasteiger partial charge in [0.2, 0.25) is 5.95 Å². The molecule has 0 saturated heterocycles. The largest absolute Gasteiger partial charge is 1.00 e. The summed E-state index contributed by atoms with van der Waals surface area (Å²) in [5.41, 5.74) is 5.05. The molecule has 5 heteroatoms. The van der Waals surface area contributed by atoms with E-state index in [9.17, 15) is 0 Å². The van der Waals surface area contributed by atoms with Crippen LogP contribution in [0.1, 0.15) is 0 Å². The van der Waals surface area contributed by atoms with Gasteiger partial charge in [0.15, 0.2) is 0 Å². The van der Waals surface area contributed by atoms with Crippen molar-refractivity contribution in [3.05, 3.63) is 6.33 Å². The molecule has 0 saturated carbocycles. The second-order valence-corrected chi connectivity index (χ2v) is 0.871. The molecule has 1 aromatic rings. The number of rotatable bonds is 0. The fourth-order valence-electron chi connectivity index (χ4n) is 0.215. The van der Waals surface area contributed by atoms with Gasteiger partial charge in [0.1, 0.15) is 6.33 Å². The second kappa shape index (κ2) is 3.01. The molecular weight excluding hydrogens is 103 g/mol. The summed E-state index contributed by atoms with van der Waals surface area (Å²) in [4.78, 5) is 3.53. The maximum atomic E-state index is 5.05. The normalized spacial score (nSPS) is 7.43. The molecule has 0 bridgehead atoms. The van der Waals surface area contributed by atoms with E-state index in [2.05, 4.69) is 15.2 Å². The van der Waals surface area contributed by atoms with Crippen molar-refractivity contribution in [1.29, 1.82) is 0 Å². The van der Waals surface area contributed by atoms with Gasteiger partial charge in [-0.15, -0.1) is 0 Å². The standard InChI is InChI=1S/C2H4N4.Na/c3-2-4-1-5-6-2;/h1H,(H3,3,4,5,6);/q;+1. The summed E-state index contributed by atoms with van der Waals surface area (Å²) >= 11 is 0. The van der Waals surface area contributed by atoms with Gasteiger partial charge in [0.05, 0.1) is 0 Å². The average Bonchev–Trinajstić information content (AvgIpc) is 1.86. The number of nitrogens with two attached hydrogens (primary N) is 1. The van der Waals surface area contributed by atoms with Crippen molar-refractivity contribution in [3.63, 3.8) is 0 Å². The number of hydrogen-bond donors (Lipinski definition) is 2. The van der Waals surface area contributed by atoms with Gasteiger partial charge >= 0.3 is 29.6 Å². The minimum absolute atomic E-state index is 0. The first-order valence-electron chi connectivity index (χ1n) is 1.50. The number of nitrogens with zero attached hydrogens (tertiary/aromatic N) is 2. The van der Waals surface area contributed by atoms with Gasteiger partial charge in [-0.3, -0.25) is 0 Å². The summed E-state index contributed by atoms with van der Waals surface area (Å²) in [7, 11) is 0. The Hall–Kier alpha value is -0.0600. The van der Waals surface area contributed by atoms with E-state index in [0.717, 1.165) is 0 Å². The summed E-state index contributed by atoms with van der Waals surface area (Å²) in [6.45, 7) is 0. The number of nitrogen functional groups attached to an aromatic ring is 1. The second-order valence-electron chi connectivity index (χ2n) is 0.871. The summed E-state index contributed by atoms with van der Waals surface area (Å²) < 4.78 is 0. The molecule has 0 atom stereocenters. The van der Waals surface area contributed by atoms with Gasteiger partial charge in [-0.1, -0.05) is 0 Å². The van der Waals surface area contributed by atoms with Gasteiger partial charge in [-0.2, -0.15) is 5.10 Å². The van der Waals surface area contributed by atoms with Crippen molar-refractivity contribution in [1.82, 2.24) is 15.2 Å². The van der Waals surface area contributed by atoms with Gasteiger partial charge in [0, 0.05) is 0 Å². The molecule has 4 nitrogen and oxygen atoms in total. The number of aromatic nitrogens is 3. The van der Waals surface area contributed by atoms with E-state index >= 15 is 0 Å². The van der Waals surface area contributed by atoms with Crippen LogP contribution in [0.15, 0.2) is 6.33 Å². The van der Waals surface area contributed by atoms with Crippen molar-refractivity contribution >= 4 is 5.95 Å². The van der Waals surface area contributed by atoms with Gasteiger partial charge in [-0.25, -0.2) is 10.1 Å². The number of anilines is 1. The van der Waals surface area contributed by atoms with Crippen LogP contribution in [-0.4, -0.2) is 15.2 Å². The maximum absolute atomic E-state index is 5.05. The van der Waals surface area contributed by atoms with E-state index in [4.69, 9.17) is 5.73 Å². The van der Waals surface area contributed by atoms with Crippen molar-refractivity contribution in [3.8, 4) is 0 Å². The zero-order chi connectivity index (χ0) is 4.41. The molecule has 1 heterocycles. The molecule has 1 rings (SSSR count). The van der Waals surface area contributed by atoms with Crippen LogP contribution in [0, 0.1) is 0 Å². The third-order valence-corrected chi connectivity index (χ3v) is 0.434. The van der Waals surface area contributed by atoms with Crippen LogP contribution in [-0.2, 0) is 0 Å². The molecule has 7 heavy (non-hydrogen) atoms. The molecular formula is C2H4N4Na+. The van der Waals surface area contributed by atoms with E-state index in [1.165, 1.54) is 6.33 Å². The molecule has 0 aliphatic rings. The van der Waals surface area contributed by atoms with Crippen molar-refractivity contribution < 1.29 is 29.6 Å². The Morgan fingerprint density at radius 2 is 2.43 bits per heavy atom. The zero-order valence-electron chi connectivity index (χ0n) is 4.05. The molecule has 3 N–H and O–H groups in total. The van der Waals surface area contributed by atoms with Crippen LogP contribution in [0.4, 0.5) is 5.95 Å². The van der Waals surface area contributed by atoms with Gasteiger partial charge in [0.25, 0.3) is 0 Å². The van der Waals surface area contributed by atoms with Gasteiger partial charge in [-0.05, 0) is 0 Å². The first kappa shape index (κ1) is 6.94. The Morgan fingerprint density at radius 3 is 2.57 bits per heavy atom. The van der Waals surface area contributed by atoms with E-state index in [0.29, 0.717) is 5.95 Å². The predicted molar refractivity (Wildman–Crippen MR) is 20.8 cm³/mol.